The molecule has 0 aliphatic rings. The average molecular weight is 450 g/mol. The summed E-state index contributed by atoms with van der Waals surface area (Å²) in [5.74, 6) is 0.813. The summed E-state index contributed by atoms with van der Waals surface area (Å²) in [6, 6.07) is 9.78. The minimum atomic E-state index is 0.446. The van der Waals surface area contributed by atoms with Gasteiger partial charge in [-0.25, -0.2) is 0 Å². The number of ether oxygens (including phenoxy) is 2. The maximum absolute atomic E-state index is 5.77. The number of para-hydroxylation sites is 1. The second-order valence-electron chi connectivity index (χ2n) is 5.37. The van der Waals surface area contributed by atoms with Crippen LogP contribution in [-0.4, -0.2) is 33.2 Å². The highest BCUT2D eigenvalue weighted by molar-refractivity contribution is 14.1. The first kappa shape index (κ1) is 17.7. The number of rotatable bonds is 8. The molecule has 0 radical (unpaired) electrons. The van der Waals surface area contributed by atoms with E-state index in [1.807, 2.05) is 48.3 Å². The summed E-state index contributed by atoms with van der Waals surface area (Å²) in [6.45, 7) is 5.19. The van der Waals surface area contributed by atoms with Crippen molar-refractivity contribution in [1.29, 1.82) is 0 Å². The van der Waals surface area contributed by atoms with E-state index < -0.39 is 0 Å². The molecule has 0 amide bonds. The van der Waals surface area contributed by atoms with Crippen molar-refractivity contribution in [2.24, 2.45) is 7.05 Å². The van der Waals surface area contributed by atoms with Crippen molar-refractivity contribution in [3.05, 3.63) is 58.1 Å². The van der Waals surface area contributed by atoms with E-state index in [9.17, 15) is 0 Å². The Morgan fingerprint density at radius 2 is 2.16 bits per heavy atom. The van der Waals surface area contributed by atoms with Crippen LogP contribution in [-0.2, 0) is 18.4 Å². The molecule has 7 heteroatoms. The van der Waals surface area contributed by atoms with Crippen LogP contribution in [0.4, 0.5) is 0 Å². The molecule has 0 bridgehead atoms. The third kappa shape index (κ3) is 4.29. The van der Waals surface area contributed by atoms with Gasteiger partial charge in [0, 0.05) is 18.2 Å². The summed E-state index contributed by atoms with van der Waals surface area (Å²) in [4.78, 5) is 0. The molecule has 130 valence electrons. The van der Waals surface area contributed by atoms with Gasteiger partial charge in [0.15, 0.2) is 0 Å². The first-order valence-electron chi connectivity index (χ1n) is 7.83. The van der Waals surface area contributed by atoms with Crippen LogP contribution in [0.25, 0.3) is 17.3 Å². The van der Waals surface area contributed by atoms with Crippen LogP contribution >= 0.6 is 22.6 Å². The highest BCUT2D eigenvalue weighted by Crippen LogP contribution is 2.23. The molecule has 0 aliphatic carbocycles. The Hall–Kier alpha value is -2.13. The number of nitrogens with one attached hydrogen (secondary N) is 1. The lowest BCUT2D eigenvalue weighted by molar-refractivity contribution is 0.0853. The third-order valence-corrected chi connectivity index (χ3v) is 4.30. The number of aromatic nitrogens is 4. The molecule has 6 nitrogen and oxygen atoms in total. The number of H-pyrrole nitrogens is 1. The van der Waals surface area contributed by atoms with Crippen molar-refractivity contribution in [2.75, 3.05) is 13.2 Å². The van der Waals surface area contributed by atoms with Gasteiger partial charge in [-0.3, -0.25) is 9.78 Å². The SMILES string of the molecule is C=Cc1ccccc1OCCOCc1c(-c2cc(I)[nH]n2)cnn1C. The molecule has 1 N–H and O–H groups in total. The van der Waals surface area contributed by atoms with Crippen LogP contribution < -0.4 is 4.74 Å². The van der Waals surface area contributed by atoms with Crippen LogP contribution in [0.3, 0.4) is 0 Å². The number of halogens is 1. The Bertz CT molecular complexity index is 856. The van der Waals surface area contributed by atoms with Gasteiger partial charge in [-0.05, 0) is 34.7 Å². The first-order valence-corrected chi connectivity index (χ1v) is 8.91. The number of nitrogens with zero attached hydrogens (tertiary/aromatic N) is 3. The Morgan fingerprint density at radius 1 is 1.32 bits per heavy atom. The van der Waals surface area contributed by atoms with Crippen LogP contribution in [0.1, 0.15) is 11.3 Å². The van der Waals surface area contributed by atoms with Crippen molar-refractivity contribution in [3.8, 4) is 17.0 Å². The Kier molecular flexibility index (Phi) is 5.87. The van der Waals surface area contributed by atoms with Crippen molar-refractivity contribution in [3.63, 3.8) is 0 Å². The average Bonchev–Trinajstić information content (AvgIpc) is 3.21. The number of aryl methyl sites for hydroxylation is 1. The predicted molar refractivity (Wildman–Crippen MR) is 105 cm³/mol. The summed E-state index contributed by atoms with van der Waals surface area (Å²) < 4.78 is 14.3. The molecule has 0 unspecified atom stereocenters. The zero-order valence-corrected chi connectivity index (χ0v) is 16.1. The van der Waals surface area contributed by atoms with Crippen LogP contribution in [0.2, 0.25) is 0 Å². The van der Waals surface area contributed by atoms with Gasteiger partial charge >= 0.3 is 0 Å². The summed E-state index contributed by atoms with van der Waals surface area (Å²) in [5.41, 5.74) is 3.80. The van der Waals surface area contributed by atoms with Gasteiger partial charge < -0.3 is 9.47 Å². The topological polar surface area (TPSA) is 65.0 Å². The Balaban J connectivity index is 1.54. The van der Waals surface area contributed by atoms with Gasteiger partial charge in [-0.2, -0.15) is 10.2 Å². The second kappa shape index (κ2) is 8.30. The van der Waals surface area contributed by atoms with Crippen molar-refractivity contribution in [2.45, 2.75) is 6.61 Å². The number of benzene rings is 1. The zero-order chi connectivity index (χ0) is 17.6. The molecule has 1 aromatic carbocycles. The van der Waals surface area contributed by atoms with E-state index in [0.717, 1.165) is 32.0 Å². The fraction of sp³-hybridized carbons (Fsp3) is 0.222. The minimum absolute atomic E-state index is 0.446. The van der Waals surface area contributed by atoms with Gasteiger partial charge in [0.1, 0.15) is 12.4 Å². The van der Waals surface area contributed by atoms with Crippen molar-refractivity contribution >= 4 is 28.7 Å². The van der Waals surface area contributed by atoms with E-state index in [4.69, 9.17) is 9.47 Å². The molecule has 3 aromatic rings. The number of hydrogen-bond donors (Lipinski definition) is 1. The zero-order valence-electron chi connectivity index (χ0n) is 13.9. The largest absolute Gasteiger partial charge is 0.491 e. The molecule has 0 saturated carbocycles. The lowest BCUT2D eigenvalue weighted by atomic mass is 10.2. The summed E-state index contributed by atoms with van der Waals surface area (Å²) in [7, 11) is 1.90. The lowest BCUT2D eigenvalue weighted by Gasteiger charge is -2.10. The highest BCUT2D eigenvalue weighted by Gasteiger charge is 2.13. The van der Waals surface area contributed by atoms with Gasteiger partial charge in [-0.1, -0.05) is 30.9 Å². The normalized spacial score (nSPS) is 10.8. The summed E-state index contributed by atoms with van der Waals surface area (Å²) in [6.07, 6.45) is 3.59. The van der Waals surface area contributed by atoms with E-state index in [0.29, 0.717) is 19.8 Å². The summed E-state index contributed by atoms with van der Waals surface area (Å²) >= 11 is 2.20. The maximum atomic E-state index is 5.77. The number of hydrogen-bond acceptors (Lipinski definition) is 4. The van der Waals surface area contributed by atoms with Crippen LogP contribution in [0.5, 0.6) is 5.75 Å². The molecule has 3 rings (SSSR count). The fourth-order valence-corrected chi connectivity index (χ4v) is 2.86. The second-order valence-corrected chi connectivity index (χ2v) is 6.53. The summed E-state index contributed by atoms with van der Waals surface area (Å²) in [5, 5.41) is 11.5. The van der Waals surface area contributed by atoms with Gasteiger partial charge in [0.05, 0.1) is 34.5 Å². The third-order valence-electron chi connectivity index (χ3n) is 3.75. The lowest BCUT2D eigenvalue weighted by Crippen LogP contribution is -2.09. The fourth-order valence-electron chi connectivity index (χ4n) is 2.44. The van der Waals surface area contributed by atoms with Crippen LogP contribution in [0, 0.1) is 3.70 Å². The standard InChI is InChI=1S/C18H19IN4O2/c1-3-13-6-4-5-7-17(13)25-9-8-24-12-16-14(11-20-23(16)2)15-10-18(19)22-21-15/h3-7,10-11H,1,8-9,12H2,2H3,(H,21,22). The molecule has 0 fully saturated rings. The van der Waals surface area contributed by atoms with E-state index >= 15 is 0 Å². The quantitative estimate of drug-likeness (QED) is 0.421. The van der Waals surface area contributed by atoms with E-state index in [-0.39, 0.29) is 0 Å². The molecular formula is C18H19IN4O2. The highest BCUT2D eigenvalue weighted by atomic mass is 127. The first-order chi connectivity index (χ1) is 12.2. The minimum Gasteiger partial charge on any atom is -0.491 e. The van der Waals surface area contributed by atoms with E-state index in [1.165, 1.54) is 0 Å². The molecule has 0 aliphatic heterocycles. The van der Waals surface area contributed by atoms with Gasteiger partial charge in [0.25, 0.3) is 0 Å². The molecule has 0 saturated heterocycles. The molecule has 0 atom stereocenters. The van der Waals surface area contributed by atoms with E-state index in [2.05, 4.69) is 44.5 Å². The van der Waals surface area contributed by atoms with Crippen LogP contribution in [0.15, 0.2) is 43.1 Å². The van der Waals surface area contributed by atoms with Gasteiger partial charge in [0.2, 0.25) is 0 Å². The smallest absolute Gasteiger partial charge is 0.126 e. The van der Waals surface area contributed by atoms with Crippen molar-refractivity contribution < 1.29 is 9.47 Å². The Morgan fingerprint density at radius 3 is 2.92 bits per heavy atom. The van der Waals surface area contributed by atoms with E-state index in [1.54, 1.807) is 6.08 Å². The van der Waals surface area contributed by atoms with Gasteiger partial charge in [-0.15, -0.1) is 0 Å². The predicted octanol–water partition coefficient (Wildman–Crippen LogP) is 3.65. The number of aromatic amines is 1. The monoisotopic (exact) mass is 450 g/mol. The molecular weight excluding hydrogens is 431 g/mol. The maximum Gasteiger partial charge on any atom is 0.126 e. The van der Waals surface area contributed by atoms with Crippen molar-refractivity contribution in [1.82, 2.24) is 20.0 Å². The molecule has 0 spiro atoms. The Labute approximate surface area is 160 Å². The molecule has 25 heavy (non-hydrogen) atoms. The molecule has 2 aromatic heterocycles. The molecule has 2 heterocycles.